The molecule has 2 aromatic carbocycles. The highest BCUT2D eigenvalue weighted by Gasteiger charge is 2.15. The van der Waals surface area contributed by atoms with Gasteiger partial charge in [0.15, 0.2) is 0 Å². The van der Waals surface area contributed by atoms with Gasteiger partial charge in [0, 0.05) is 24.3 Å². The number of piperidine rings is 1. The van der Waals surface area contributed by atoms with E-state index in [9.17, 15) is 13.2 Å². The van der Waals surface area contributed by atoms with E-state index < -0.39 is 10.0 Å². The van der Waals surface area contributed by atoms with Crippen molar-refractivity contribution in [1.29, 1.82) is 0 Å². The van der Waals surface area contributed by atoms with Crippen LogP contribution in [0.25, 0.3) is 0 Å². The summed E-state index contributed by atoms with van der Waals surface area (Å²) in [6, 6.07) is 14.8. The lowest BCUT2D eigenvalue weighted by Crippen LogP contribution is -2.32. The minimum Gasteiger partial charge on any atom is -0.348 e. The number of carbonyl (C=O) groups excluding carboxylic acids is 1. The maximum Gasteiger partial charge on any atom is 0.251 e. The highest BCUT2D eigenvalue weighted by Crippen LogP contribution is 2.18. The molecule has 0 radical (unpaired) electrons. The van der Waals surface area contributed by atoms with Gasteiger partial charge in [0.1, 0.15) is 0 Å². The Balaban J connectivity index is 1.52. The molecule has 0 aliphatic carbocycles. The molecule has 0 aromatic heterocycles. The first kappa shape index (κ1) is 21.3. The molecule has 2 aromatic rings. The van der Waals surface area contributed by atoms with Crippen molar-refractivity contribution in [1.82, 2.24) is 10.2 Å². The first-order chi connectivity index (χ1) is 13.8. The van der Waals surface area contributed by atoms with Crippen molar-refractivity contribution < 1.29 is 13.2 Å². The molecule has 1 aliphatic heterocycles. The normalized spacial score (nSPS) is 15.8. The minimum atomic E-state index is -3.38. The zero-order valence-corrected chi connectivity index (χ0v) is 17.8. The monoisotopic (exact) mass is 415 g/mol. The van der Waals surface area contributed by atoms with Crippen LogP contribution in [-0.4, -0.2) is 38.6 Å². The van der Waals surface area contributed by atoms with Crippen molar-refractivity contribution in [2.45, 2.75) is 32.9 Å². The number of hydrogen-bond acceptors (Lipinski definition) is 4. The van der Waals surface area contributed by atoms with Crippen LogP contribution in [0.15, 0.2) is 48.5 Å². The highest BCUT2D eigenvalue weighted by molar-refractivity contribution is 7.92. The SMILES string of the molecule is CC1CCN(Cc2ccc(CNC(=O)c3cccc(NS(C)(=O)=O)c3)cc2)CC1. The van der Waals surface area contributed by atoms with E-state index in [2.05, 4.69) is 34.0 Å². The molecule has 7 heteroatoms. The molecule has 2 N–H and O–H groups in total. The summed E-state index contributed by atoms with van der Waals surface area (Å²) in [6.45, 7) is 6.03. The van der Waals surface area contributed by atoms with Crippen LogP contribution in [-0.2, 0) is 23.1 Å². The molecule has 0 atom stereocenters. The Kier molecular flexibility index (Phi) is 6.92. The lowest BCUT2D eigenvalue weighted by Gasteiger charge is -2.30. The van der Waals surface area contributed by atoms with Crippen LogP contribution in [0.3, 0.4) is 0 Å². The number of amides is 1. The summed E-state index contributed by atoms with van der Waals surface area (Å²) in [4.78, 5) is 14.9. The summed E-state index contributed by atoms with van der Waals surface area (Å²) >= 11 is 0. The zero-order valence-electron chi connectivity index (χ0n) is 17.0. The van der Waals surface area contributed by atoms with Crippen LogP contribution in [0, 0.1) is 5.92 Å². The fraction of sp³-hybridized carbons (Fsp3) is 0.409. The van der Waals surface area contributed by atoms with Crippen molar-refractivity contribution >= 4 is 21.6 Å². The lowest BCUT2D eigenvalue weighted by atomic mass is 9.99. The fourth-order valence-electron chi connectivity index (χ4n) is 3.46. The number of anilines is 1. The number of likely N-dealkylation sites (tertiary alicyclic amines) is 1. The van der Waals surface area contributed by atoms with E-state index in [1.165, 1.54) is 24.5 Å². The van der Waals surface area contributed by atoms with Crippen LogP contribution in [0.5, 0.6) is 0 Å². The second kappa shape index (κ2) is 9.41. The molecular weight excluding hydrogens is 386 g/mol. The van der Waals surface area contributed by atoms with Crippen LogP contribution in [0.4, 0.5) is 5.69 Å². The summed E-state index contributed by atoms with van der Waals surface area (Å²) in [5.41, 5.74) is 3.10. The van der Waals surface area contributed by atoms with Gasteiger partial charge in [-0.3, -0.25) is 14.4 Å². The van der Waals surface area contributed by atoms with E-state index in [1.807, 2.05) is 12.1 Å². The summed E-state index contributed by atoms with van der Waals surface area (Å²) in [6.07, 6.45) is 3.62. The first-order valence-electron chi connectivity index (χ1n) is 9.95. The van der Waals surface area contributed by atoms with Crippen molar-refractivity contribution in [2.75, 3.05) is 24.1 Å². The van der Waals surface area contributed by atoms with Gasteiger partial charge in [0.2, 0.25) is 10.0 Å². The standard InChI is InChI=1S/C22H29N3O3S/c1-17-10-12-25(13-11-17)16-19-8-6-18(7-9-19)15-23-22(26)20-4-3-5-21(14-20)24-29(2,27)28/h3-9,14,17,24H,10-13,15-16H2,1-2H3,(H,23,26). The third-order valence-electron chi connectivity index (χ3n) is 5.19. The van der Waals surface area contributed by atoms with Gasteiger partial charge in [-0.2, -0.15) is 0 Å². The second-order valence-corrected chi connectivity index (χ2v) is 9.66. The van der Waals surface area contributed by atoms with E-state index in [0.717, 1.165) is 37.4 Å². The van der Waals surface area contributed by atoms with E-state index in [4.69, 9.17) is 0 Å². The molecule has 156 valence electrons. The van der Waals surface area contributed by atoms with Gasteiger partial charge in [-0.25, -0.2) is 8.42 Å². The van der Waals surface area contributed by atoms with Gasteiger partial charge in [-0.1, -0.05) is 37.3 Å². The highest BCUT2D eigenvalue weighted by atomic mass is 32.2. The summed E-state index contributed by atoms with van der Waals surface area (Å²) in [7, 11) is -3.38. The number of sulfonamides is 1. The molecule has 1 aliphatic rings. The largest absolute Gasteiger partial charge is 0.348 e. The Bertz CT molecular complexity index is 934. The van der Waals surface area contributed by atoms with Crippen molar-refractivity contribution in [3.8, 4) is 0 Å². The van der Waals surface area contributed by atoms with E-state index in [-0.39, 0.29) is 5.91 Å². The Morgan fingerprint density at radius 3 is 2.38 bits per heavy atom. The molecule has 1 fully saturated rings. The third-order valence-corrected chi connectivity index (χ3v) is 5.79. The average molecular weight is 416 g/mol. The van der Waals surface area contributed by atoms with Gasteiger partial charge in [-0.05, 0) is 61.2 Å². The molecule has 3 rings (SSSR count). The fourth-order valence-corrected chi connectivity index (χ4v) is 4.02. The molecule has 6 nitrogen and oxygen atoms in total. The number of nitrogens with zero attached hydrogens (tertiary/aromatic N) is 1. The van der Waals surface area contributed by atoms with Gasteiger partial charge < -0.3 is 5.32 Å². The number of rotatable bonds is 7. The van der Waals surface area contributed by atoms with Crippen molar-refractivity contribution in [3.63, 3.8) is 0 Å². The molecule has 0 saturated carbocycles. The Morgan fingerprint density at radius 2 is 1.72 bits per heavy atom. The Labute approximate surface area is 173 Å². The molecule has 1 saturated heterocycles. The Hall–Kier alpha value is -2.38. The minimum absolute atomic E-state index is 0.242. The molecule has 0 bridgehead atoms. The van der Waals surface area contributed by atoms with Crippen LogP contribution >= 0.6 is 0 Å². The lowest BCUT2D eigenvalue weighted by molar-refractivity contribution is 0.0951. The predicted octanol–water partition coefficient (Wildman–Crippen LogP) is 3.22. The second-order valence-electron chi connectivity index (χ2n) is 7.91. The van der Waals surface area contributed by atoms with Crippen molar-refractivity contribution in [2.24, 2.45) is 5.92 Å². The predicted molar refractivity (Wildman–Crippen MR) is 116 cm³/mol. The molecule has 0 unspecified atom stereocenters. The van der Waals surface area contributed by atoms with E-state index >= 15 is 0 Å². The molecule has 0 spiro atoms. The number of hydrogen-bond donors (Lipinski definition) is 2. The molecular formula is C22H29N3O3S. The van der Waals surface area contributed by atoms with Crippen molar-refractivity contribution in [3.05, 3.63) is 65.2 Å². The summed E-state index contributed by atoms with van der Waals surface area (Å²) in [5.74, 6) is 0.591. The van der Waals surface area contributed by atoms with Gasteiger partial charge in [0.25, 0.3) is 5.91 Å². The van der Waals surface area contributed by atoms with Crippen LogP contribution in [0.2, 0.25) is 0 Å². The first-order valence-corrected chi connectivity index (χ1v) is 11.8. The van der Waals surface area contributed by atoms with E-state index in [0.29, 0.717) is 17.8 Å². The molecule has 29 heavy (non-hydrogen) atoms. The third kappa shape index (κ3) is 6.87. The number of carbonyl (C=O) groups is 1. The van der Waals surface area contributed by atoms with Crippen LogP contribution < -0.4 is 10.0 Å². The zero-order chi connectivity index (χ0) is 20.9. The van der Waals surface area contributed by atoms with Gasteiger partial charge in [0.05, 0.1) is 6.26 Å². The Morgan fingerprint density at radius 1 is 1.07 bits per heavy atom. The van der Waals surface area contributed by atoms with Gasteiger partial charge >= 0.3 is 0 Å². The number of nitrogens with one attached hydrogen (secondary N) is 2. The maximum absolute atomic E-state index is 12.4. The average Bonchev–Trinajstić information content (AvgIpc) is 2.68. The molecule has 1 heterocycles. The topological polar surface area (TPSA) is 78.5 Å². The maximum atomic E-state index is 12.4. The number of benzene rings is 2. The molecule has 1 amide bonds. The summed E-state index contributed by atoms with van der Waals surface area (Å²) in [5, 5.41) is 2.88. The van der Waals surface area contributed by atoms with E-state index in [1.54, 1.807) is 18.2 Å². The smallest absolute Gasteiger partial charge is 0.251 e. The van der Waals surface area contributed by atoms with Gasteiger partial charge in [-0.15, -0.1) is 0 Å². The van der Waals surface area contributed by atoms with Crippen LogP contribution in [0.1, 0.15) is 41.3 Å². The summed E-state index contributed by atoms with van der Waals surface area (Å²) < 4.78 is 25.1. The quantitative estimate of drug-likeness (QED) is 0.728.